The maximum atomic E-state index is 6.05. The fourth-order valence-corrected chi connectivity index (χ4v) is 2.24. The predicted molar refractivity (Wildman–Crippen MR) is 80.0 cm³/mol. The molecular weight excluding hydrogens is 305 g/mol. The number of aryl methyl sites for hydroxylation is 2. The first kappa shape index (κ1) is 14.4. The van der Waals surface area contributed by atoms with Crippen molar-refractivity contribution in [2.24, 2.45) is 0 Å². The number of halogens is 3. The van der Waals surface area contributed by atoms with Crippen LogP contribution in [0.15, 0.2) is 18.2 Å². The van der Waals surface area contributed by atoms with Gasteiger partial charge in [-0.1, -0.05) is 40.9 Å². The molecule has 0 spiro atoms. The van der Waals surface area contributed by atoms with Crippen LogP contribution in [0, 0.1) is 20.8 Å². The van der Waals surface area contributed by atoms with Crippen molar-refractivity contribution in [2.45, 2.75) is 20.8 Å². The summed E-state index contributed by atoms with van der Waals surface area (Å²) >= 11 is 17.8. The van der Waals surface area contributed by atoms with Gasteiger partial charge >= 0.3 is 0 Å². The normalized spacial score (nSPS) is 10.6. The Morgan fingerprint density at radius 2 is 1.63 bits per heavy atom. The van der Waals surface area contributed by atoms with Crippen LogP contribution in [0.4, 0.5) is 0 Å². The number of ether oxygens (including phenoxy) is 1. The van der Waals surface area contributed by atoms with E-state index in [1.165, 1.54) is 6.07 Å². The Labute approximate surface area is 127 Å². The van der Waals surface area contributed by atoms with Gasteiger partial charge in [-0.2, -0.15) is 4.98 Å². The largest absolute Gasteiger partial charge is 0.437 e. The van der Waals surface area contributed by atoms with E-state index in [0.29, 0.717) is 15.8 Å². The first-order chi connectivity index (χ1) is 8.88. The molecule has 1 aromatic heterocycles. The van der Waals surface area contributed by atoms with Gasteiger partial charge in [0.1, 0.15) is 10.8 Å². The van der Waals surface area contributed by atoms with Crippen LogP contribution in [0.3, 0.4) is 0 Å². The minimum atomic E-state index is 0.170. The number of hydrogen-bond donors (Lipinski definition) is 0. The first-order valence-corrected chi connectivity index (χ1v) is 6.79. The summed E-state index contributed by atoms with van der Waals surface area (Å²) in [5, 5.41) is 0.798. The van der Waals surface area contributed by atoms with E-state index in [2.05, 4.69) is 11.1 Å². The van der Waals surface area contributed by atoms with Crippen molar-refractivity contribution in [1.29, 1.82) is 0 Å². The monoisotopic (exact) mass is 315 g/mol. The van der Waals surface area contributed by atoms with Crippen LogP contribution in [-0.4, -0.2) is 4.98 Å². The molecule has 2 nitrogen and oxygen atoms in total. The summed E-state index contributed by atoms with van der Waals surface area (Å²) in [6, 6.07) is 5.54. The maximum absolute atomic E-state index is 6.05. The average molecular weight is 317 g/mol. The third-order valence-corrected chi connectivity index (χ3v) is 3.77. The molecule has 2 aromatic rings. The fraction of sp³-hybridized carbons (Fsp3) is 0.214. The highest BCUT2D eigenvalue weighted by Crippen LogP contribution is 2.35. The van der Waals surface area contributed by atoms with E-state index < -0.39 is 0 Å². The molecular formula is C14H12Cl3NO. The molecule has 0 radical (unpaired) electrons. The van der Waals surface area contributed by atoms with Gasteiger partial charge in [0.05, 0.1) is 5.02 Å². The Hall–Kier alpha value is -0.960. The van der Waals surface area contributed by atoms with Crippen molar-refractivity contribution in [3.63, 3.8) is 0 Å². The summed E-state index contributed by atoms with van der Waals surface area (Å²) in [6.45, 7) is 6.01. The van der Waals surface area contributed by atoms with E-state index in [4.69, 9.17) is 39.5 Å². The molecule has 0 aliphatic heterocycles. The lowest BCUT2D eigenvalue weighted by Gasteiger charge is -2.12. The summed E-state index contributed by atoms with van der Waals surface area (Å²) in [4.78, 5) is 4.05. The molecule has 0 aliphatic carbocycles. The van der Waals surface area contributed by atoms with Crippen LogP contribution >= 0.6 is 34.8 Å². The van der Waals surface area contributed by atoms with Crippen LogP contribution in [0.25, 0.3) is 0 Å². The molecule has 0 atom stereocenters. The number of pyridine rings is 1. The van der Waals surface area contributed by atoms with Crippen molar-refractivity contribution in [2.75, 3.05) is 0 Å². The molecule has 1 heterocycles. The Kier molecular flexibility index (Phi) is 4.24. The molecule has 0 saturated carbocycles. The zero-order chi connectivity index (χ0) is 14.2. The molecule has 0 saturated heterocycles. The van der Waals surface area contributed by atoms with E-state index in [1.807, 2.05) is 26.8 Å². The van der Waals surface area contributed by atoms with Crippen molar-refractivity contribution in [1.82, 2.24) is 4.98 Å². The average Bonchev–Trinajstić information content (AvgIpc) is 2.32. The Bertz CT molecular complexity index is 641. The van der Waals surface area contributed by atoms with Crippen LogP contribution in [0.1, 0.15) is 16.7 Å². The van der Waals surface area contributed by atoms with Gasteiger partial charge in [0.2, 0.25) is 5.88 Å². The first-order valence-electron chi connectivity index (χ1n) is 5.65. The van der Waals surface area contributed by atoms with Gasteiger partial charge in [-0.25, -0.2) is 0 Å². The quantitative estimate of drug-likeness (QED) is 0.657. The summed E-state index contributed by atoms with van der Waals surface area (Å²) in [5.41, 5.74) is 3.29. The minimum absolute atomic E-state index is 0.170. The lowest BCUT2D eigenvalue weighted by Crippen LogP contribution is -1.95. The van der Waals surface area contributed by atoms with Gasteiger partial charge in [0.25, 0.3) is 0 Å². The van der Waals surface area contributed by atoms with E-state index in [-0.39, 0.29) is 11.0 Å². The van der Waals surface area contributed by atoms with Gasteiger partial charge in [-0.05, 0) is 49.6 Å². The van der Waals surface area contributed by atoms with E-state index in [0.717, 1.165) is 16.7 Å². The highest BCUT2D eigenvalue weighted by atomic mass is 35.5. The molecule has 5 heteroatoms. The number of benzene rings is 1. The summed E-state index contributed by atoms with van der Waals surface area (Å²) in [5.74, 6) is 0.967. The fourth-order valence-electron chi connectivity index (χ4n) is 1.71. The molecule has 100 valence electrons. The molecule has 0 aliphatic rings. The van der Waals surface area contributed by atoms with Crippen molar-refractivity contribution < 1.29 is 4.74 Å². The topological polar surface area (TPSA) is 22.1 Å². The second-order valence-electron chi connectivity index (χ2n) is 4.35. The smallest absolute Gasteiger partial charge is 0.239 e. The zero-order valence-corrected chi connectivity index (χ0v) is 13.0. The van der Waals surface area contributed by atoms with Crippen LogP contribution < -0.4 is 4.74 Å². The lowest BCUT2D eigenvalue weighted by molar-refractivity contribution is 0.459. The van der Waals surface area contributed by atoms with Crippen molar-refractivity contribution in [3.8, 4) is 11.6 Å². The highest BCUT2D eigenvalue weighted by Gasteiger charge is 2.12. The SMILES string of the molecule is Cc1cc(C)c(C)c(Oc2nc(Cl)c(Cl)cc2Cl)c1. The van der Waals surface area contributed by atoms with Crippen LogP contribution in [0.2, 0.25) is 15.2 Å². The molecule has 0 N–H and O–H groups in total. The standard InChI is InChI=1S/C14H12Cl3NO/c1-7-4-8(2)9(3)12(5-7)19-14-11(16)6-10(15)13(17)18-14/h4-6H,1-3H3. The van der Waals surface area contributed by atoms with Gasteiger partial charge in [-0.15, -0.1) is 0 Å². The predicted octanol–water partition coefficient (Wildman–Crippen LogP) is 5.76. The molecule has 0 amide bonds. The number of aromatic nitrogens is 1. The van der Waals surface area contributed by atoms with Gasteiger partial charge in [-0.3, -0.25) is 0 Å². The summed E-state index contributed by atoms with van der Waals surface area (Å²) < 4.78 is 5.75. The Morgan fingerprint density at radius 1 is 0.947 bits per heavy atom. The summed E-state index contributed by atoms with van der Waals surface area (Å²) in [6.07, 6.45) is 0. The molecule has 0 unspecified atom stereocenters. The molecule has 0 fully saturated rings. The van der Waals surface area contributed by atoms with E-state index in [1.54, 1.807) is 0 Å². The maximum Gasteiger partial charge on any atom is 0.239 e. The summed E-state index contributed by atoms with van der Waals surface area (Å²) in [7, 11) is 0. The van der Waals surface area contributed by atoms with Crippen molar-refractivity contribution in [3.05, 3.63) is 50.1 Å². The van der Waals surface area contributed by atoms with Gasteiger partial charge in [0, 0.05) is 0 Å². The zero-order valence-electron chi connectivity index (χ0n) is 10.7. The minimum Gasteiger partial charge on any atom is -0.437 e. The third-order valence-electron chi connectivity index (χ3n) is 2.83. The number of hydrogen-bond acceptors (Lipinski definition) is 2. The molecule has 2 rings (SSSR count). The molecule has 19 heavy (non-hydrogen) atoms. The highest BCUT2D eigenvalue weighted by molar-refractivity contribution is 6.42. The Balaban J connectivity index is 2.44. The van der Waals surface area contributed by atoms with Gasteiger partial charge < -0.3 is 4.74 Å². The molecule has 1 aromatic carbocycles. The van der Waals surface area contributed by atoms with E-state index >= 15 is 0 Å². The second-order valence-corrected chi connectivity index (χ2v) is 5.53. The van der Waals surface area contributed by atoms with Gasteiger partial charge in [0.15, 0.2) is 5.15 Å². The Morgan fingerprint density at radius 3 is 2.32 bits per heavy atom. The van der Waals surface area contributed by atoms with Crippen molar-refractivity contribution >= 4 is 34.8 Å². The number of nitrogens with zero attached hydrogens (tertiary/aromatic N) is 1. The number of rotatable bonds is 2. The second kappa shape index (κ2) is 5.58. The third kappa shape index (κ3) is 3.14. The molecule has 0 bridgehead atoms. The van der Waals surface area contributed by atoms with E-state index in [9.17, 15) is 0 Å². The van der Waals surface area contributed by atoms with Crippen LogP contribution in [-0.2, 0) is 0 Å². The van der Waals surface area contributed by atoms with Crippen LogP contribution in [0.5, 0.6) is 11.6 Å². The lowest BCUT2D eigenvalue weighted by atomic mass is 10.1.